The van der Waals surface area contributed by atoms with Crippen molar-refractivity contribution in [3.63, 3.8) is 0 Å². The molecule has 3 nitrogen and oxygen atoms in total. The lowest BCUT2D eigenvalue weighted by Gasteiger charge is -2.15. The van der Waals surface area contributed by atoms with E-state index in [4.69, 9.17) is 5.73 Å². The van der Waals surface area contributed by atoms with Gasteiger partial charge < -0.3 is 5.73 Å². The molecule has 3 heteroatoms. The molecule has 0 fully saturated rings. The average Bonchev–Trinajstić information content (AvgIpc) is 2.53. The lowest BCUT2D eigenvalue weighted by atomic mass is 10.2. The minimum absolute atomic E-state index is 0.793. The molecular weight excluding hydrogens is 162 g/mol. The molecule has 0 atom stereocenters. The van der Waals surface area contributed by atoms with Gasteiger partial charge in [0, 0.05) is 18.7 Å². The van der Waals surface area contributed by atoms with E-state index in [1.807, 2.05) is 36.2 Å². The first kappa shape index (κ1) is 8.10. The van der Waals surface area contributed by atoms with Crippen LogP contribution in [0.15, 0.2) is 29.4 Å². The first-order chi connectivity index (χ1) is 6.27. The fourth-order valence-corrected chi connectivity index (χ4v) is 1.47. The van der Waals surface area contributed by atoms with Crippen LogP contribution < -0.4 is 10.7 Å². The maximum atomic E-state index is 5.83. The van der Waals surface area contributed by atoms with Crippen molar-refractivity contribution in [1.82, 2.24) is 0 Å². The Kier molecular flexibility index (Phi) is 1.93. The normalized spacial score (nSPS) is 16.1. The summed E-state index contributed by atoms with van der Waals surface area (Å²) < 4.78 is 0. The summed E-state index contributed by atoms with van der Waals surface area (Å²) in [6, 6.07) is 7.82. The molecule has 0 aromatic heterocycles. The van der Waals surface area contributed by atoms with Gasteiger partial charge in [-0.25, -0.2) is 0 Å². The van der Waals surface area contributed by atoms with Gasteiger partial charge in [-0.15, -0.1) is 0 Å². The lowest BCUT2D eigenvalue weighted by molar-refractivity contribution is 0.924. The van der Waals surface area contributed by atoms with Crippen LogP contribution in [0.3, 0.4) is 0 Å². The summed E-state index contributed by atoms with van der Waals surface area (Å²) in [6.45, 7) is 2.99. The predicted molar refractivity (Wildman–Crippen MR) is 55.9 cm³/mol. The van der Waals surface area contributed by atoms with Gasteiger partial charge in [-0.1, -0.05) is 12.1 Å². The van der Waals surface area contributed by atoms with Gasteiger partial charge in [0.05, 0.1) is 11.4 Å². The summed E-state index contributed by atoms with van der Waals surface area (Å²) in [4.78, 5) is 0. The van der Waals surface area contributed by atoms with E-state index < -0.39 is 0 Å². The summed E-state index contributed by atoms with van der Waals surface area (Å²) in [6.07, 6.45) is 1.04. The maximum Gasteiger partial charge on any atom is 0.0823 e. The molecule has 13 heavy (non-hydrogen) atoms. The molecule has 2 rings (SSSR count). The van der Waals surface area contributed by atoms with Crippen molar-refractivity contribution in [2.24, 2.45) is 5.10 Å². The molecule has 0 saturated heterocycles. The summed E-state index contributed by atoms with van der Waals surface area (Å²) in [7, 11) is 0. The topological polar surface area (TPSA) is 41.6 Å². The second-order valence-corrected chi connectivity index (χ2v) is 3.27. The highest BCUT2D eigenvalue weighted by molar-refractivity contribution is 5.86. The van der Waals surface area contributed by atoms with Crippen molar-refractivity contribution >= 4 is 17.1 Å². The lowest BCUT2D eigenvalue weighted by Crippen LogP contribution is -2.13. The first-order valence-corrected chi connectivity index (χ1v) is 4.43. The number of hydrogen-bond acceptors (Lipinski definition) is 3. The molecule has 68 valence electrons. The molecule has 1 aromatic rings. The van der Waals surface area contributed by atoms with Crippen LogP contribution in [0.1, 0.15) is 13.3 Å². The maximum absolute atomic E-state index is 5.83. The monoisotopic (exact) mass is 175 g/mol. The van der Waals surface area contributed by atoms with E-state index in [9.17, 15) is 0 Å². The van der Waals surface area contributed by atoms with Crippen LogP contribution in [0.5, 0.6) is 0 Å². The average molecular weight is 175 g/mol. The zero-order valence-corrected chi connectivity index (χ0v) is 7.70. The molecule has 0 spiro atoms. The van der Waals surface area contributed by atoms with Crippen molar-refractivity contribution in [2.75, 3.05) is 17.3 Å². The highest BCUT2D eigenvalue weighted by Crippen LogP contribution is 2.25. The summed E-state index contributed by atoms with van der Waals surface area (Å²) in [5.41, 5.74) is 8.81. The fraction of sp³-hybridized carbons (Fsp3) is 0.300. The Morgan fingerprint density at radius 3 is 2.77 bits per heavy atom. The molecule has 2 N–H and O–H groups in total. The zero-order valence-electron chi connectivity index (χ0n) is 7.70. The molecule has 0 unspecified atom stereocenters. The summed E-state index contributed by atoms with van der Waals surface area (Å²) in [5, 5.41) is 6.35. The van der Waals surface area contributed by atoms with E-state index in [-0.39, 0.29) is 0 Å². The largest absolute Gasteiger partial charge is 0.397 e. The van der Waals surface area contributed by atoms with E-state index >= 15 is 0 Å². The molecule has 0 bridgehead atoms. The molecule has 1 aliphatic rings. The molecule has 0 aliphatic carbocycles. The van der Waals surface area contributed by atoms with E-state index in [0.717, 1.165) is 24.3 Å². The van der Waals surface area contributed by atoms with Crippen LogP contribution in [0.25, 0.3) is 0 Å². The third-order valence-corrected chi connectivity index (χ3v) is 2.19. The van der Waals surface area contributed by atoms with Crippen LogP contribution >= 0.6 is 0 Å². The highest BCUT2D eigenvalue weighted by atomic mass is 15.5. The molecule has 1 heterocycles. The predicted octanol–water partition coefficient (Wildman–Crippen LogP) is 1.85. The Bertz CT molecular complexity index is 344. The minimum Gasteiger partial charge on any atom is -0.397 e. The fourth-order valence-electron chi connectivity index (χ4n) is 1.47. The smallest absolute Gasteiger partial charge is 0.0823 e. The SMILES string of the molecule is CC1=NN(c2ccccc2N)CC1. The van der Waals surface area contributed by atoms with E-state index in [2.05, 4.69) is 5.10 Å². The quantitative estimate of drug-likeness (QED) is 0.662. The number of hydrogen-bond donors (Lipinski definition) is 1. The number of benzene rings is 1. The van der Waals surface area contributed by atoms with Crippen LogP contribution in [0.2, 0.25) is 0 Å². The third-order valence-electron chi connectivity index (χ3n) is 2.19. The van der Waals surface area contributed by atoms with Crippen LogP contribution in [-0.4, -0.2) is 12.3 Å². The van der Waals surface area contributed by atoms with E-state index in [0.29, 0.717) is 0 Å². The molecule has 1 aliphatic heterocycles. The van der Waals surface area contributed by atoms with E-state index in [1.54, 1.807) is 0 Å². The standard InChI is InChI=1S/C10H13N3/c1-8-6-7-13(12-8)10-5-3-2-4-9(10)11/h2-5H,6-7,11H2,1H3. The van der Waals surface area contributed by atoms with Crippen LogP contribution in [-0.2, 0) is 0 Å². The third kappa shape index (κ3) is 1.49. The number of nitrogen functional groups attached to an aromatic ring is 1. The second kappa shape index (κ2) is 3.09. The van der Waals surface area contributed by atoms with Gasteiger partial charge in [-0.2, -0.15) is 5.10 Å². The van der Waals surface area contributed by atoms with Gasteiger partial charge >= 0.3 is 0 Å². The van der Waals surface area contributed by atoms with Crippen LogP contribution in [0, 0.1) is 0 Å². The van der Waals surface area contributed by atoms with E-state index in [1.165, 1.54) is 5.71 Å². The van der Waals surface area contributed by atoms with Gasteiger partial charge in [0.15, 0.2) is 0 Å². The Labute approximate surface area is 77.9 Å². The number of hydrazone groups is 1. The van der Waals surface area contributed by atoms with Gasteiger partial charge in [0.2, 0.25) is 0 Å². The van der Waals surface area contributed by atoms with Crippen molar-refractivity contribution in [1.29, 1.82) is 0 Å². The van der Waals surface area contributed by atoms with Crippen molar-refractivity contribution in [2.45, 2.75) is 13.3 Å². The first-order valence-electron chi connectivity index (χ1n) is 4.43. The molecular formula is C10H13N3. The molecule has 0 saturated carbocycles. The van der Waals surface area contributed by atoms with Gasteiger partial charge in [-0.3, -0.25) is 5.01 Å². The van der Waals surface area contributed by atoms with Crippen LogP contribution in [0.4, 0.5) is 11.4 Å². The molecule has 1 aromatic carbocycles. The number of nitrogens with zero attached hydrogens (tertiary/aromatic N) is 2. The summed E-state index contributed by atoms with van der Waals surface area (Å²) in [5.74, 6) is 0. The molecule has 0 amide bonds. The highest BCUT2D eigenvalue weighted by Gasteiger charge is 2.13. The Balaban J connectivity index is 2.31. The second-order valence-electron chi connectivity index (χ2n) is 3.27. The van der Waals surface area contributed by atoms with Gasteiger partial charge in [0.1, 0.15) is 0 Å². The van der Waals surface area contributed by atoms with Crippen molar-refractivity contribution < 1.29 is 0 Å². The number of anilines is 2. The minimum atomic E-state index is 0.793. The Morgan fingerprint density at radius 1 is 1.38 bits per heavy atom. The van der Waals surface area contributed by atoms with Gasteiger partial charge in [-0.05, 0) is 19.1 Å². The summed E-state index contributed by atoms with van der Waals surface area (Å²) >= 11 is 0. The van der Waals surface area contributed by atoms with Gasteiger partial charge in [0.25, 0.3) is 0 Å². The number of nitrogens with two attached hydrogens (primary N) is 1. The van der Waals surface area contributed by atoms with Crippen molar-refractivity contribution in [3.05, 3.63) is 24.3 Å². The number of para-hydroxylation sites is 2. The number of rotatable bonds is 1. The Hall–Kier alpha value is -1.51. The van der Waals surface area contributed by atoms with Crippen molar-refractivity contribution in [3.8, 4) is 0 Å². The Morgan fingerprint density at radius 2 is 2.15 bits per heavy atom. The molecule has 0 radical (unpaired) electrons. The zero-order chi connectivity index (χ0) is 9.26.